The maximum Gasteiger partial charge on any atom is 0.307 e. The van der Waals surface area contributed by atoms with E-state index in [1.54, 1.807) is 6.92 Å². The highest BCUT2D eigenvalue weighted by molar-refractivity contribution is 7.86. The molecule has 0 aromatic carbocycles. The SMILES string of the molecule is CCCCCCCCCCC(=O)OC(CC)S(=O)(=O)O. The standard InChI is InChI=1S/C14H28O5S/c1-3-5-6-7-8-9-10-11-12-13(15)19-14(4-2)20(16,17)18/h14H,3-12H2,1-2H3,(H,16,17,18). The third kappa shape index (κ3) is 10.2. The van der Waals surface area contributed by atoms with Crippen molar-refractivity contribution in [3.8, 4) is 0 Å². The minimum atomic E-state index is -4.30. The van der Waals surface area contributed by atoms with Crippen LogP contribution in [0.15, 0.2) is 0 Å². The summed E-state index contributed by atoms with van der Waals surface area (Å²) in [6.45, 7) is 3.73. The Morgan fingerprint density at radius 1 is 1.00 bits per heavy atom. The molecule has 0 heterocycles. The van der Waals surface area contributed by atoms with Gasteiger partial charge in [-0.05, 0) is 12.8 Å². The molecular formula is C14H28O5S. The second-order valence-electron chi connectivity index (χ2n) is 5.07. The average molecular weight is 308 g/mol. The summed E-state index contributed by atoms with van der Waals surface area (Å²) in [5, 5.41) is 0. The first-order valence-electron chi connectivity index (χ1n) is 7.57. The third-order valence-corrected chi connectivity index (χ3v) is 4.26. The largest absolute Gasteiger partial charge is 0.443 e. The number of unbranched alkanes of at least 4 members (excludes halogenated alkanes) is 7. The lowest BCUT2D eigenvalue weighted by Gasteiger charge is -2.12. The van der Waals surface area contributed by atoms with Crippen molar-refractivity contribution in [2.24, 2.45) is 0 Å². The fraction of sp³-hybridized carbons (Fsp3) is 0.929. The number of hydrogen-bond acceptors (Lipinski definition) is 4. The lowest BCUT2D eigenvalue weighted by molar-refractivity contribution is -0.145. The molecule has 0 aromatic rings. The molecule has 0 bridgehead atoms. The normalized spacial score (nSPS) is 13.2. The Morgan fingerprint density at radius 3 is 1.95 bits per heavy atom. The molecule has 120 valence electrons. The molecule has 1 N–H and O–H groups in total. The summed E-state index contributed by atoms with van der Waals surface area (Å²) in [6, 6.07) is 0. The molecule has 0 radical (unpaired) electrons. The van der Waals surface area contributed by atoms with Gasteiger partial charge in [0.05, 0.1) is 0 Å². The Balaban J connectivity index is 3.63. The molecular weight excluding hydrogens is 280 g/mol. The van der Waals surface area contributed by atoms with Crippen LogP contribution in [-0.2, 0) is 19.6 Å². The van der Waals surface area contributed by atoms with Gasteiger partial charge in [-0.25, -0.2) is 0 Å². The summed E-state index contributed by atoms with van der Waals surface area (Å²) in [7, 11) is -4.30. The number of carbonyl (C=O) groups is 1. The van der Waals surface area contributed by atoms with Crippen molar-refractivity contribution in [2.45, 2.75) is 83.5 Å². The zero-order valence-electron chi connectivity index (χ0n) is 12.6. The first-order valence-corrected chi connectivity index (χ1v) is 9.07. The highest BCUT2D eigenvalue weighted by atomic mass is 32.2. The number of esters is 1. The molecule has 0 aliphatic carbocycles. The van der Waals surface area contributed by atoms with Gasteiger partial charge >= 0.3 is 16.1 Å². The molecule has 0 aliphatic rings. The molecule has 0 aromatic heterocycles. The summed E-state index contributed by atoms with van der Waals surface area (Å²) in [6.07, 6.45) is 9.20. The van der Waals surface area contributed by atoms with Crippen molar-refractivity contribution < 1.29 is 22.5 Å². The molecule has 6 heteroatoms. The maximum absolute atomic E-state index is 11.4. The summed E-state index contributed by atoms with van der Waals surface area (Å²) in [5.74, 6) is -0.555. The van der Waals surface area contributed by atoms with E-state index in [0.717, 1.165) is 12.8 Å². The first-order chi connectivity index (χ1) is 9.41. The highest BCUT2D eigenvalue weighted by Crippen LogP contribution is 2.12. The number of hydrogen-bond donors (Lipinski definition) is 1. The molecule has 0 spiro atoms. The fourth-order valence-corrected chi connectivity index (χ4v) is 2.61. The van der Waals surface area contributed by atoms with E-state index in [1.165, 1.54) is 32.1 Å². The molecule has 0 saturated heterocycles. The van der Waals surface area contributed by atoms with E-state index in [0.29, 0.717) is 6.42 Å². The Morgan fingerprint density at radius 2 is 1.50 bits per heavy atom. The van der Waals surface area contributed by atoms with E-state index in [-0.39, 0.29) is 12.8 Å². The molecule has 0 aliphatic heterocycles. The minimum Gasteiger partial charge on any atom is -0.443 e. The summed E-state index contributed by atoms with van der Waals surface area (Å²) >= 11 is 0. The molecule has 1 atom stereocenters. The van der Waals surface area contributed by atoms with Gasteiger partial charge in [-0.3, -0.25) is 9.35 Å². The summed E-state index contributed by atoms with van der Waals surface area (Å²) in [4.78, 5) is 11.4. The zero-order valence-corrected chi connectivity index (χ0v) is 13.5. The van der Waals surface area contributed by atoms with Crippen LogP contribution >= 0.6 is 0 Å². The van der Waals surface area contributed by atoms with E-state index < -0.39 is 21.5 Å². The quantitative estimate of drug-likeness (QED) is 0.338. The van der Waals surface area contributed by atoms with Gasteiger partial charge in [0, 0.05) is 6.42 Å². The molecule has 0 amide bonds. The Kier molecular flexibility index (Phi) is 10.7. The van der Waals surface area contributed by atoms with E-state index in [9.17, 15) is 13.2 Å². The molecule has 5 nitrogen and oxygen atoms in total. The monoisotopic (exact) mass is 308 g/mol. The number of carbonyl (C=O) groups excluding carboxylic acids is 1. The van der Waals surface area contributed by atoms with Gasteiger partial charge in [-0.15, -0.1) is 0 Å². The predicted octanol–water partition coefficient (Wildman–Crippen LogP) is 3.68. The van der Waals surface area contributed by atoms with E-state index >= 15 is 0 Å². The topological polar surface area (TPSA) is 80.7 Å². The molecule has 20 heavy (non-hydrogen) atoms. The van der Waals surface area contributed by atoms with E-state index in [2.05, 4.69) is 6.92 Å². The molecule has 0 fully saturated rings. The van der Waals surface area contributed by atoms with Gasteiger partial charge in [0.1, 0.15) is 0 Å². The van der Waals surface area contributed by atoms with Crippen LogP contribution in [0.3, 0.4) is 0 Å². The van der Waals surface area contributed by atoms with Crippen LogP contribution in [0, 0.1) is 0 Å². The van der Waals surface area contributed by atoms with Crippen molar-refractivity contribution in [2.75, 3.05) is 0 Å². The van der Waals surface area contributed by atoms with Gasteiger partial charge in [-0.1, -0.05) is 58.8 Å². The van der Waals surface area contributed by atoms with Crippen LogP contribution in [-0.4, -0.2) is 24.4 Å². The minimum absolute atomic E-state index is 0.0575. The van der Waals surface area contributed by atoms with Crippen molar-refractivity contribution in [1.82, 2.24) is 0 Å². The molecule has 0 rings (SSSR count). The third-order valence-electron chi connectivity index (χ3n) is 3.16. The van der Waals surface area contributed by atoms with Crippen molar-refractivity contribution in [1.29, 1.82) is 0 Å². The van der Waals surface area contributed by atoms with Crippen molar-refractivity contribution in [3.63, 3.8) is 0 Å². The van der Waals surface area contributed by atoms with Crippen LogP contribution in [0.4, 0.5) is 0 Å². The lowest BCUT2D eigenvalue weighted by Crippen LogP contribution is -2.26. The second kappa shape index (κ2) is 11.1. The Bertz CT molecular complexity index is 351. The van der Waals surface area contributed by atoms with Crippen molar-refractivity contribution >= 4 is 16.1 Å². The van der Waals surface area contributed by atoms with Gasteiger partial charge in [0.2, 0.25) is 5.44 Å². The Hall–Kier alpha value is -0.620. The molecule has 0 saturated carbocycles. The average Bonchev–Trinajstić information content (AvgIpc) is 2.37. The summed E-state index contributed by atoms with van der Waals surface area (Å²) in [5.41, 5.74) is -1.43. The summed E-state index contributed by atoms with van der Waals surface area (Å²) < 4.78 is 35.3. The van der Waals surface area contributed by atoms with Gasteiger partial charge in [0.25, 0.3) is 0 Å². The second-order valence-corrected chi connectivity index (χ2v) is 6.62. The van der Waals surface area contributed by atoms with Crippen LogP contribution < -0.4 is 0 Å². The van der Waals surface area contributed by atoms with Crippen molar-refractivity contribution in [3.05, 3.63) is 0 Å². The highest BCUT2D eigenvalue weighted by Gasteiger charge is 2.24. The van der Waals surface area contributed by atoms with Crippen LogP contribution in [0.2, 0.25) is 0 Å². The zero-order chi connectivity index (χ0) is 15.4. The van der Waals surface area contributed by atoms with Crippen LogP contribution in [0.1, 0.15) is 78.1 Å². The van der Waals surface area contributed by atoms with Crippen LogP contribution in [0.25, 0.3) is 0 Å². The first kappa shape index (κ1) is 19.4. The Labute approximate surface area is 122 Å². The number of ether oxygens (including phenoxy) is 1. The van der Waals surface area contributed by atoms with Crippen LogP contribution in [0.5, 0.6) is 0 Å². The lowest BCUT2D eigenvalue weighted by atomic mass is 10.1. The van der Waals surface area contributed by atoms with E-state index in [1.807, 2.05) is 0 Å². The molecule has 1 unspecified atom stereocenters. The fourth-order valence-electron chi connectivity index (χ4n) is 1.96. The maximum atomic E-state index is 11.4. The van der Waals surface area contributed by atoms with Gasteiger partial charge in [0.15, 0.2) is 0 Å². The van der Waals surface area contributed by atoms with Gasteiger partial charge < -0.3 is 4.74 Å². The van der Waals surface area contributed by atoms with E-state index in [4.69, 9.17) is 9.29 Å². The van der Waals surface area contributed by atoms with Gasteiger partial charge in [-0.2, -0.15) is 8.42 Å². The predicted molar refractivity (Wildman–Crippen MR) is 78.9 cm³/mol. The smallest absolute Gasteiger partial charge is 0.307 e. The number of rotatable bonds is 12.